The van der Waals surface area contributed by atoms with Gasteiger partial charge in [-0.05, 0) is 25.0 Å². The zero-order valence-corrected chi connectivity index (χ0v) is 11.6. The molecule has 0 N–H and O–H groups in total. The number of alkyl halides is 1. The van der Waals surface area contributed by atoms with E-state index in [1.54, 1.807) is 12.1 Å². The van der Waals surface area contributed by atoms with Gasteiger partial charge >= 0.3 is 0 Å². The Kier molecular flexibility index (Phi) is 4.35. The van der Waals surface area contributed by atoms with Crippen LogP contribution in [0.15, 0.2) is 24.3 Å². The first-order chi connectivity index (χ1) is 8.65. The number of halogens is 1. The number of sulfonamides is 1. The lowest BCUT2D eigenvalue weighted by molar-refractivity contribution is 0.316. The molecule has 1 heterocycles. The highest BCUT2D eigenvalue weighted by atomic mass is 35.5. The number of rotatable bonds is 5. The van der Waals surface area contributed by atoms with E-state index in [9.17, 15) is 8.42 Å². The molecule has 1 aliphatic rings. The van der Waals surface area contributed by atoms with Gasteiger partial charge in [0.25, 0.3) is 0 Å². The zero-order chi connectivity index (χ0) is 13.0. The molecule has 1 aromatic carbocycles. The summed E-state index contributed by atoms with van der Waals surface area (Å²) in [5.41, 5.74) is 0.634. The molecule has 6 heteroatoms. The van der Waals surface area contributed by atoms with Crippen LogP contribution >= 0.6 is 11.6 Å². The van der Waals surface area contributed by atoms with E-state index in [1.165, 1.54) is 4.31 Å². The van der Waals surface area contributed by atoms with Crippen LogP contribution in [0.25, 0.3) is 0 Å². The van der Waals surface area contributed by atoms with Crippen LogP contribution in [0, 0.1) is 0 Å². The van der Waals surface area contributed by atoms with Crippen LogP contribution < -0.4 is 9.04 Å². The fourth-order valence-electron chi connectivity index (χ4n) is 1.92. The first-order valence-electron chi connectivity index (χ1n) is 5.93. The van der Waals surface area contributed by atoms with Crippen molar-refractivity contribution in [3.8, 4) is 5.75 Å². The second-order valence-corrected chi connectivity index (χ2v) is 6.49. The maximum Gasteiger partial charge on any atom is 0.235 e. The molecule has 4 nitrogen and oxygen atoms in total. The molecular formula is C12H16ClNO3S. The molecule has 0 saturated heterocycles. The van der Waals surface area contributed by atoms with E-state index in [0.29, 0.717) is 43.3 Å². The number of hydrogen-bond donors (Lipinski definition) is 0. The summed E-state index contributed by atoms with van der Waals surface area (Å²) in [6.07, 6.45) is 1.30. The Bertz CT molecular complexity index is 504. The van der Waals surface area contributed by atoms with Gasteiger partial charge in [-0.1, -0.05) is 12.1 Å². The molecule has 100 valence electrons. The lowest BCUT2D eigenvalue weighted by Gasteiger charge is -2.30. The van der Waals surface area contributed by atoms with E-state index < -0.39 is 10.0 Å². The molecule has 18 heavy (non-hydrogen) atoms. The third kappa shape index (κ3) is 2.90. The summed E-state index contributed by atoms with van der Waals surface area (Å²) in [6.45, 7) is 0.770. The molecule has 2 rings (SSSR count). The largest absolute Gasteiger partial charge is 0.489 e. The van der Waals surface area contributed by atoms with Crippen LogP contribution in [0.3, 0.4) is 0 Å². The quantitative estimate of drug-likeness (QED) is 0.617. The van der Waals surface area contributed by atoms with Crippen LogP contribution in [-0.2, 0) is 10.0 Å². The smallest absolute Gasteiger partial charge is 0.235 e. The Morgan fingerprint density at radius 3 is 2.83 bits per heavy atom. The van der Waals surface area contributed by atoms with E-state index in [-0.39, 0.29) is 5.75 Å². The van der Waals surface area contributed by atoms with Crippen LogP contribution in [0.4, 0.5) is 5.69 Å². The zero-order valence-electron chi connectivity index (χ0n) is 10.0. The number of anilines is 1. The summed E-state index contributed by atoms with van der Waals surface area (Å²) in [6, 6.07) is 7.21. The Morgan fingerprint density at radius 1 is 1.28 bits per heavy atom. The van der Waals surface area contributed by atoms with Crippen LogP contribution in [0.5, 0.6) is 5.75 Å². The van der Waals surface area contributed by atoms with Crippen molar-refractivity contribution >= 4 is 27.3 Å². The number of benzene rings is 1. The number of hydrogen-bond acceptors (Lipinski definition) is 3. The lowest BCUT2D eigenvalue weighted by atomic mass is 10.2. The number of unbranched alkanes of at least 4 members (excludes halogenated alkanes) is 1. The molecule has 0 aromatic heterocycles. The minimum absolute atomic E-state index is 0.133. The number of para-hydroxylation sites is 2. The average molecular weight is 290 g/mol. The second-order valence-electron chi connectivity index (χ2n) is 4.10. The van der Waals surface area contributed by atoms with Crippen molar-refractivity contribution in [2.75, 3.05) is 29.1 Å². The first kappa shape index (κ1) is 13.5. The molecule has 0 radical (unpaired) electrons. The SMILES string of the molecule is O=S(=O)(CCCCCl)N1CCOc2ccccc21. The predicted molar refractivity (Wildman–Crippen MR) is 73.0 cm³/mol. The van der Waals surface area contributed by atoms with Crippen LogP contribution in [0.1, 0.15) is 12.8 Å². The predicted octanol–water partition coefficient (Wildman–Crippen LogP) is 2.23. The Labute approximate surface area is 113 Å². The van der Waals surface area contributed by atoms with Crippen molar-refractivity contribution in [3.05, 3.63) is 24.3 Å². The van der Waals surface area contributed by atoms with Crippen molar-refractivity contribution in [1.29, 1.82) is 0 Å². The van der Waals surface area contributed by atoms with Crippen molar-refractivity contribution in [2.45, 2.75) is 12.8 Å². The molecular weight excluding hydrogens is 274 g/mol. The molecule has 1 aromatic rings. The Balaban J connectivity index is 2.19. The Hall–Kier alpha value is -0.940. The normalized spacial score (nSPS) is 15.1. The summed E-state index contributed by atoms with van der Waals surface area (Å²) in [4.78, 5) is 0. The fourth-order valence-corrected chi connectivity index (χ4v) is 3.70. The molecule has 0 unspecified atom stereocenters. The van der Waals surface area contributed by atoms with E-state index in [0.717, 1.165) is 0 Å². The van der Waals surface area contributed by atoms with Gasteiger partial charge in [0.1, 0.15) is 12.4 Å². The van der Waals surface area contributed by atoms with Gasteiger partial charge in [0, 0.05) is 5.88 Å². The van der Waals surface area contributed by atoms with Gasteiger partial charge in [0.2, 0.25) is 10.0 Å². The minimum Gasteiger partial charge on any atom is -0.489 e. The molecule has 0 aliphatic carbocycles. The highest BCUT2D eigenvalue weighted by Crippen LogP contribution is 2.33. The standard InChI is InChI=1S/C12H16ClNO3S/c13-7-3-4-10-18(15,16)14-8-9-17-12-6-2-1-5-11(12)14/h1-2,5-6H,3-4,7-10H2. The van der Waals surface area contributed by atoms with Gasteiger partial charge in [0.15, 0.2) is 0 Å². The maximum atomic E-state index is 12.3. The summed E-state index contributed by atoms with van der Waals surface area (Å²) in [5.74, 6) is 1.26. The van der Waals surface area contributed by atoms with Crippen molar-refractivity contribution in [2.24, 2.45) is 0 Å². The molecule has 1 aliphatic heterocycles. The van der Waals surface area contributed by atoms with Crippen LogP contribution in [-0.4, -0.2) is 33.2 Å². The summed E-state index contributed by atoms with van der Waals surface area (Å²) < 4.78 is 31.4. The van der Waals surface area contributed by atoms with E-state index in [4.69, 9.17) is 16.3 Å². The summed E-state index contributed by atoms with van der Waals surface area (Å²) >= 11 is 5.57. The molecule has 0 amide bonds. The molecule has 0 spiro atoms. The van der Waals surface area contributed by atoms with E-state index >= 15 is 0 Å². The molecule has 0 bridgehead atoms. The lowest BCUT2D eigenvalue weighted by Crippen LogP contribution is -2.39. The number of nitrogens with zero attached hydrogens (tertiary/aromatic N) is 1. The van der Waals surface area contributed by atoms with Crippen molar-refractivity contribution < 1.29 is 13.2 Å². The maximum absolute atomic E-state index is 12.3. The first-order valence-corrected chi connectivity index (χ1v) is 8.08. The van der Waals surface area contributed by atoms with Crippen molar-refractivity contribution in [3.63, 3.8) is 0 Å². The van der Waals surface area contributed by atoms with Gasteiger partial charge in [-0.15, -0.1) is 11.6 Å². The van der Waals surface area contributed by atoms with Gasteiger partial charge in [-0.3, -0.25) is 4.31 Å². The Morgan fingerprint density at radius 2 is 2.06 bits per heavy atom. The van der Waals surface area contributed by atoms with E-state index in [2.05, 4.69) is 0 Å². The summed E-state index contributed by atoms with van der Waals surface area (Å²) in [7, 11) is -3.27. The minimum atomic E-state index is -3.27. The fraction of sp³-hybridized carbons (Fsp3) is 0.500. The number of ether oxygens (including phenoxy) is 1. The van der Waals surface area contributed by atoms with Crippen LogP contribution in [0.2, 0.25) is 0 Å². The third-order valence-electron chi connectivity index (χ3n) is 2.81. The van der Waals surface area contributed by atoms with E-state index in [1.807, 2.05) is 12.1 Å². The highest BCUT2D eigenvalue weighted by Gasteiger charge is 2.27. The number of fused-ring (bicyclic) bond motifs is 1. The topological polar surface area (TPSA) is 46.6 Å². The summed E-state index contributed by atoms with van der Waals surface area (Å²) in [5, 5.41) is 0. The molecule has 0 saturated carbocycles. The molecule has 0 atom stereocenters. The van der Waals surface area contributed by atoms with Crippen molar-refractivity contribution in [1.82, 2.24) is 0 Å². The second kappa shape index (κ2) is 5.80. The molecule has 0 fully saturated rings. The van der Waals surface area contributed by atoms with Gasteiger partial charge < -0.3 is 4.74 Å². The van der Waals surface area contributed by atoms with Gasteiger partial charge in [-0.2, -0.15) is 0 Å². The third-order valence-corrected chi connectivity index (χ3v) is 4.93. The monoisotopic (exact) mass is 289 g/mol. The highest BCUT2D eigenvalue weighted by molar-refractivity contribution is 7.92. The van der Waals surface area contributed by atoms with Gasteiger partial charge in [-0.25, -0.2) is 8.42 Å². The average Bonchev–Trinajstić information content (AvgIpc) is 2.38. The van der Waals surface area contributed by atoms with Gasteiger partial charge in [0.05, 0.1) is 18.0 Å².